The summed E-state index contributed by atoms with van der Waals surface area (Å²) in [5.74, 6) is -4.75. The zero-order valence-corrected chi connectivity index (χ0v) is 10.4. The molecule has 1 aromatic rings. The summed E-state index contributed by atoms with van der Waals surface area (Å²) in [6.45, 7) is 3.20. The molecule has 0 atom stereocenters. The van der Waals surface area contributed by atoms with Crippen molar-refractivity contribution in [2.24, 2.45) is 0 Å². The molecule has 1 nitrogen and oxygen atoms in total. The van der Waals surface area contributed by atoms with Gasteiger partial charge >= 0.3 is 0 Å². The van der Waals surface area contributed by atoms with Crippen molar-refractivity contribution in [2.75, 3.05) is 5.33 Å². The lowest BCUT2D eigenvalue weighted by Crippen LogP contribution is -2.15. The Hall–Kier alpha value is -1.10. The largest absolute Gasteiger partial charge is 0.293 e. The molecule has 0 aliphatic carbocycles. The van der Waals surface area contributed by atoms with Gasteiger partial charge < -0.3 is 0 Å². The maximum Gasteiger partial charge on any atom is 0.279 e. The average Bonchev–Trinajstić information content (AvgIpc) is 2.28. The van der Waals surface area contributed by atoms with E-state index in [4.69, 9.17) is 0 Å². The van der Waals surface area contributed by atoms with Crippen LogP contribution >= 0.6 is 15.9 Å². The van der Waals surface area contributed by atoms with Crippen LogP contribution in [0.25, 0.3) is 0 Å². The molecule has 0 spiro atoms. The first kappa shape index (κ1) is 14.0. The second-order valence-electron chi connectivity index (χ2n) is 3.45. The highest BCUT2D eigenvalue weighted by Gasteiger charge is 2.33. The molecule has 1 rings (SSSR count). The molecule has 0 fully saturated rings. The second kappa shape index (κ2) is 5.49. The Balaban J connectivity index is 3.23. The maximum atomic E-state index is 13.5. The van der Waals surface area contributed by atoms with Crippen LogP contribution in [0.3, 0.4) is 0 Å². The Bertz CT molecular complexity index is 443. The van der Waals surface area contributed by atoms with Gasteiger partial charge in [0.05, 0.1) is 10.9 Å². The molecule has 0 aliphatic heterocycles. The summed E-state index contributed by atoms with van der Waals surface area (Å²) in [5.41, 5.74) is -0.716. The highest BCUT2D eigenvalue weighted by Crippen LogP contribution is 2.34. The number of carbonyl (C=O) groups excluding carboxylic acids is 1. The summed E-state index contributed by atoms with van der Waals surface area (Å²) >= 11 is 2.93. The van der Waals surface area contributed by atoms with E-state index in [9.17, 15) is 18.0 Å². The number of halogens is 4. The van der Waals surface area contributed by atoms with Crippen LogP contribution in [0.15, 0.2) is 30.9 Å². The van der Waals surface area contributed by atoms with Crippen molar-refractivity contribution in [3.63, 3.8) is 0 Å². The number of benzene rings is 1. The number of hydrogen-bond acceptors (Lipinski definition) is 1. The smallest absolute Gasteiger partial charge is 0.279 e. The number of carbonyl (C=O) groups is 1. The van der Waals surface area contributed by atoms with Gasteiger partial charge in [-0.05, 0) is 18.2 Å². The summed E-state index contributed by atoms with van der Waals surface area (Å²) in [6, 6.07) is 2.96. The van der Waals surface area contributed by atoms with Crippen LogP contribution in [0, 0.1) is 5.82 Å². The molecule has 92 valence electrons. The predicted octanol–water partition coefficient (Wildman–Crippen LogP) is 4.07. The van der Waals surface area contributed by atoms with Crippen molar-refractivity contribution >= 4 is 21.7 Å². The van der Waals surface area contributed by atoms with Crippen molar-refractivity contribution in [1.29, 1.82) is 0 Å². The van der Waals surface area contributed by atoms with E-state index in [1.807, 2.05) is 0 Å². The Morgan fingerprint density at radius 3 is 2.65 bits per heavy atom. The first-order valence-corrected chi connectivity index (χ1v) is 5.92. The van der Waals surface area contributed by atoms with Gasteiger partial charge in [-0.3, -0.25) is 4.79 Å². The number of alkyl halides is 3. The van der Waals surface area contributed by atoms with Crippen LogP contribution in [0.2, 0.25) is 0 Å². The van der Waals surface area contributed by atoms with Gasteiger partial charge in [-0.2, -0.15) is 0 Å². The van der Waals surface area contributed by atoms with Gasteiger partial charge in [-0.1, -0.05) is 22.0 Å². The van der Waals surface area contributed by atoms with E-state index in [1.165, 1.54) is 6.07 Å². The predicted molar refractivity (Wildman–Crippen MR) is 63.2 cm³/mol. The van der Waals surface area contributed by atoms with Gasteiger partial charge in [-0.15, -0.1) is 6.58 Å². The number of allylic oxidation sites excluding steroid dienone is 1. The lowest BCUT2D eigenvalue weighted by Gasteiger charge is -2.16. The fraction of sp³-hybridized carbons (Fsp3) is 0.250. The van der Waals surface area contributed by atoms with Gasteiger partial charge in [0.25, 0.3) is 5.92 Å². The van der Waals surface area contributed by atoms with Crippen LogP contribution in [0.4, 0.5) is 13.2 Å². The third-order valence-electron chi connectivity index (χ3n) is 2.20. The Morgan fingerprint density at radius 1 is 1.47 bits per heavy atom. The van der Waals surface area contributed by atoms with Gasteiger partial charge in [0.2, 0.25) is 0 Å². The van der Waals surface area contributed by atoms with Gasteiger partial charge in [0.1, 0.15) is 5.82 Å². The number of ketones is 1. The monoisotopic (exact) mass is 306 g/mol. The van der Waals surface area contributed by atoms with Crippen LogP contribution in [0.1, 0.15) is 22.3 Å². The lowest BCUT2D eigenvalue weighted by molar-refractivity contribution is -0.00439. The molecule has 0 aromatic heterocycles. The molecule has 0 amide bonds. The number of rotatable bonds is 5. The molecule has 17 heavy (non-hydrogen) atoms. The summed E-state index contributed by atoms with van der Waals surface area (Å²) in [6.07, 6.45) is 0.342. The quantitative estimate of drug-likeness (QED) is 0.455. The fourth-order valence-electron chi connectivity index (χ4n) is 1.35. The molecule has 0 bridgehead atoms. The first-order valence-electron chi connectivity index (χ1n) is 4.80. The number of Topliss-reactive ketones (excluding diaryl/α,β-unsaturated/α-hetero) is 1. The molecule has 0 aliphatic rings. The molecule has 0 saturated heterocycles. The van der Waals surface area contributed by atoms with Crippen LogP contribution in [0.5, 0.6) is 0 Å². The molecule has 1 aromatic carbocycles. The molecule has 0 saturated carbocycles. The third kappa shape index (κ3) is 3.19. The second-order valence-corrected chi connectivity index (χ2v) is 4.01. The Morgan fingerprint density at radius 2 is 2.12 bits per heavy atom. The topological polar surface area (TPSA) is 17.1 Å². The van der Waals surface area contributed by atoms with E-state index in [-0.39, 0.29) is 16.7 Å². The van der Waals surface area contributed by atoms with Crippen LogP contribution in [-0.2, 0) is 5.92 Å². The van der Waals surface area contributed by atoms with Gasteiger partial charge in [-0.25, -0.2) is 13.2 Å². The maximum absolute atomic E-state index is 13.5. The summed E-state index contributed by atoms with van der Waals surface area (Å²) in [5, 5.41) is 0.00506. The number of hydrogen-bond donors (Lipinski definition) is 0. The Labute approximate surface area is 105 Å². The summed E-state index contributed by atoms with van der Waals surface area (Å²) in [7, 11) is 0. The zero-order chi connectivity index (χ0) is 13.1. The normalized spacial score (nSPS) is 11.3. The summed E-state index contributed by atoms with van der Waals surface area (Å²) < 4.78 is 40.4. The highest BCUT2D eigenvalue weighted by molar-refractivity contribution is 9.09. The average molecular weight is 307 g/mol. The van der Waals surface area contributed by atoms with Gasteiger partial charge in [0, 0.05) is 12.0 Å². The van der Waals surface area contributed by atoms with Crippen molar-refractivity contribution in [1.82, 2.24) is 0 Å². The minimum Gasteiger partial charge on any atom is -0.293 e. The van der Waals surface area contributed by atoms with E-state index in [1.54, 1.807) is 0 Å². The van der Waals surface area contributed by atoms with E-state index < -0.39 is 23.7 Å². The molecule has 0 heterocycles. The minimum absolute atomic E-state index is 0.00506. The van der Waals surface area contributed by atoms with E-state index >= 15 is 0 Å². The van der Waals surface area contributed by atoms with E-state index in [0.29, 0.717) is 0 Å². The third-order valence-corrected chi connectivity index (χ3v) is 2.71. The molecule has 0 N–H and O–H groups in total. The minimum atomic E-state index is -3.35. The van der Waals surface area contributed by atoms with E-state index in [2.05, 4.69) is 22.5 Å². The molecule has 5 heteroatoms. The highest BCUT2D eigenvalue weighted by atomic mass is 79.9. The first-order chi connectivity index (χ1) is 7.92. The molecule has 0 radical (unpaired) electrons. The molecular formula is C12H10BrF3O. The zero-order valence-electron chi connectivity index (χ0n) is 8.85. The van der Waals surface area contributed by atoms with Crippen molar-refractivity contribution in [3.05, 3.63) is 47.8 Å². The van der Waals surface area contributed by atoms with Crippen molar-refractivity contribution < 1.29 is 18.0 Å². The lowest BCUT2D eigenvalue weighted by atomic mass is 10.0. The Kier molecular flexibility index (Phi) is 4.51. The van der Waals surface area contributed by atoms with Gasteiger partial charge in [0.15, 0.2) is 5.78 Å². The van der Waals surface area contributed by atoms with Crippen LogP contribution in [-0.4, -0.2) is 11.1 Å². The molecule has 0 unspecified atom stereocenters. The SMILES string of the molecule is C=CCC(F)(F)c1cc(C(=O)CBr)ccc1F. The summed E-state index contributed by atoms with van der Waals surface area (Å²) in [4.78, 5) is 11.3. The molecular weight excluding hydrogens is 297 g/mol. The van der Waals surface area contributed by atoms with Crippen LogP contribution < -0.4 is 0 Å². The van der Waals surface area contributed by atoms with E-state index in [0.717, 1.165) is 18.2 Å². The fourth-order valence-corrected chi connectivity index (χ4v) is 1.67. The standard InChI is InChI=1S/C12H10BrF3O/c1-2-5-12(15,16)9-6-8(11(17)7-13)3-4-10(9)14/h2-4,6H,1,5,7H2. The van der Waals surface area contributed by atoms with Crippen molar-refractivity contribution in [3.8, 4) is 0 Å². The van der Waals surface area contributed by atoms with Crippen molar-refractivity contribution in [2.45, 2.75) is 12.3 Å².